The number of rotatable bonds is 2. The molecule has 0 spiro atoms. The minimum atomic E-state index is -0.223. The van der Waals surface area contributed by atoms with Crippen molar-refractivity contribution in [3.05, 3.63) is 128 Å². The molecule has 2 aliphatic heterocycles. The van der Waals surface area contributed by atoms with Crippen molar-refractivity contribution in [2.45, 2.75) is 18.2 Å². The predicted molar refractivity (Wildman–Crippen MR) is 133 cm³/mol. The molecule has 5 aromatic rings. The molecular formula is C31H24N2O+2. The fraction of sp³-hybridized carbons (Fsp3) is 0.0968. The van der Waals surface area contributed by atoms with Gasteiger partial charge in [-0.1, -0.05) is 55.1 Å². The first-order valence-corrected chi connectivity index (χ1v) is 11.8. The lowest BCUT2D eigenvalue weighted by Gasteiger charge is -2.34. The summed E-state index contributed by atoms with van der Waals surface area (Å²) >= 11 is 0. The Hall–Kier alpha value is -4.24. The third-order valence-electron chi connectivity index (χ3n) is 7.25. The van der Waals surface area contributed by atoms with E-state index >= 15 is 0 Å². The summed E-state index contributed by atoms with van der Waals surface area (Å²) in [6.45, 7) is 4.27. The smallest absolute Gasteiger partial charge is 0.316 e. The molecule has 0 radical (unpaired) electrons. The summed E-state index contributed by atoms with van der Waals surface area (Å²) in [4.78, 5) is 0. The number of aromatic nitrogens is 2. The van der Waals surface area contributed by atoms with Gasteiger partial charge >= 0.3 is 6.23 Å². The molecule has 34 heavy (non-hydrogen) atoms. The Morgan fingerprint density at radius 2 is 1.44 bits per heavy atom. The van der Waals surface area contributed by atoms with E-state index in [1.165, 1.54) is 33.3 Å². The van der Waals surface area contributed by atoms with Crippen LogP contribution in [0.3, 0.4) is 0 Å². The molecule has 0 saturated heterocycles. The molecule has 4 heterocycles. The van der Waals surface area contributed by atoms with Crippen LogP contribution < -0.4 is 13.9 Å². The van der Waals surface area contributed by atoms with Crippen LogP contribution in [-0.2, 0) is 0 Å². The quantitative estimate of drug-likeness (QED) is 0.237. The van der Waals surface area contributed by atoms with Crippen LogP contribution >= 0.6 is 0 Å². The van der Waals surface area contributed by atoms with E-state index in [1.807, 2.05) is 0 Å². The summed E-state index contributed by atoms with van der Waals surface area (Å²) in [7, 11) is 0. The van der Waals surface area contributed by atoms with Gasteiger partial charge in [0.15, 0.2) is 24.4 Å². The molecule has 3 atom stereocenters. The summed E-state index contributed by atoms with van der Waals surface area (Å²) in [6, 6.07) is 34.4. The standard InChI is InChI=1S/C31H24N2O/c1-2-26-30(24-14-6-5-13-23(24)27-16-9-10-18-32(26)27)31-33-20-22-12-4-3-11-21(22)19-28(33)25-15-7-8-17-29(25)34-31/h2-20,26,30-31H,1H2/q+2. The fourth-order valence-electron chi connectivity index (χ4n) is 5.75. The molecule has 0 N–H and O–H groups in total. The third-order valence-corrected chi connectivity index (χ3v) is 7.25. The number of fused-ring (bicyclic) bond motifs is 7. The van der Waals surface area contributed by atoms with Gasteiger partial charge in [-0.25, -0.2) is 0 Å². The molecule has 0 aliphatic carbocycles. The lowest BCUT2D eigenvalue weighted by molar-refractivity contribution is -0.771. The van der Waals surface area contributed by atoms with Crippen molar-refractivity contribution < 1.29 is 13.9 Å². The first kappa shape index (κ1) is 19.2. The maximum absolute atomic E-state index is 6.85. The van der Waals surface area contributed by atoms with E-state index in [-0.39, 0.29) is 18.2 Å². The van der Waals surface area contributed by atoms with Gasteiger partial charge in [0.05, 0.1) is 11.1 Å². The lowest BCUT2D eigenvalue weighted by atomic mass is 9.81. The number of pyridine rings is 2. The van der Waals surface area contributed by atoms with Gasteiger partial charge in [0.1, 0.15) is 5.75 Å². The highest BCUT2D eigenvalue weighted by molar-refractivity contribution is 5.84. The van der Waals surface area contributed by atoms with Gasteiger partial charge in [-0.2, -0.15) is 9.13 Å². The number of para-hydroxylation sites is 1. The number of allylic oxidation sites excluding steroid dienone is 1. The molecule has 7 rings (SSSR count). The highest BCUT2D eigenvalue weighted by Crippen LogP contribution is 2.46. The van der Waals surface area contributed by atoms with Crippen molar-refractivity contribution in [2.75, 3.05) is 0 Å². The molecule has 0 amide bonds. The topological polar surface area (TPSA) is 17.0 Å². The van der Waals surface area contributed by atoms with Crippen LogP contribution in [0, 0.1) is 0 Å². The Bertz CT molecular complexity index is 1590. The Morgan fingerprint density at radius 1 is 0.706 bits per heavy atom. The molecule has 3 heteroatoms. The molecule has 2 aromatic heterocycles. The molecular weight excluding hydrogens is 416 g/mol. The van der Waals surface area contributed by atoms with Gasteiger partial charge in [-0.05, 0) is 47.4 Å². The molecule has 162 valence electrons. The summed E-state index contributed by atoms with van der Waals surface area (Å²) in [5.74, 6) is 0.971. The van der Waals surface area contributed by atoms with E-state index in [1.54, 1.807) is 0 Å². The third kappa shape index (κ3) is 2.70. The van der Waals surface area contributed by atoms with Crippen molar-refractivity contribution in [3.8, 4) is 28.3 Å². The monoisotopic (exact) mass is 440 g/mol. The average Bonchev–Trinajstić information content (AvgIpc) is 2.91. The Labute approximate surface area is 198 Å². The van der Waals surface area contributed by atoms with Crippen molar-refractivity contribution in [3.63, 3.8) is 0 Å². The molecule has 2 aliphatic rings. The van der Waals surface area contributed by atoms with Crippen LogP contribution in [-0.4, -0.2) is 0 Å². The summed E-state index contributed by atoms with van der Waals surface area (Å²) in [5.41, 5.74) is 6.04. The summed E-state index contributed by atoms with van der Waals surface area (Å²) < 4.78 is 11.5. The van der Waals surface area contributed by atoms with Crippen LogP contribution in [0.5, 0.6) is 5.75 Å². The van der Waals surface area contributed by atoms with Crippen molar-refractivity contribution in [1.29, 1.82) is 0 Å². The zero-order chi connectivity index (χ0) is 22.6. The fourth-order valence-corrected chi connectivity index (χ4v) is 5.75. The van der Waals surface area contributed by atoms with E-state index in [0.717, 1.165) is 11.3 Å². The molecule has 0 fully saturated rings. The number of nitrogens with zero attached hydrogens (tertiary/aromatic N) is 2. The van der Waals surface area contributed by atoms with Crippen LogP contribution in [0.4, 0.5) is 0 Å². The normalized spacial score (nSPS) is 19.8. The number of hydrogen-bond donors (Lipinski definition) is 0. The van der Waals surface area contributed by atoms with Crippen molar-refractivity contribution in [2.24, 2.45) is 0 Å². The Morgan fingerprint density at radius 3 is 2.32 bits per heavy atom. The van der Waals surface area contributed by atoms with Crippen molar-refractivity contribution >= 4 is 10.8 Å². The predicted octanol–water partition coefficient (Wildman–Crippen LogP) is 6.16. The van der Waals surface area contributed by atoms with E-state index in [0.29, 0.717) is 0 Å². The van der Waals surface area contributed by atoms with Crippen LogP contribution in [0.25, 0.3) is 33.3 Å². The molecule has 0 bridgehead atoms. The van der Waals surface area contributed by atoms with Gasteiger partial charge in [-0.3, -0.25) is 0 Å². The lowest BCUT2D eigenvalue weighted by Crippen LogP contribution is -2.56. The van der Waals surface area contributed by atoms with Crippen molar-refractivity contribution in [1.82, 2.24) is 0 Å². The summed E-state index contributed by atoms with van der Waals surface area (Å²) in [6.07, 6.45) is 6.25. The summed E-state index contributed by atoms with van der Waals surface area (Å²) in [5, 5.41) is 2.43. The van der Waals surface area contributed by atoms with Gasteiger partial charge in [0, 0.05) is 23.6 Å². The Balaban J connectivity index is 1.51. The minimum absolute atomic E-state index is 0.0480. The van der Waals surface area contributed by atoms with E-state index < -0.39 is 0 Å². The highest BCUT2D eigenvalue weighted by Gasteiger charge is 2.50. The second-order valence-electron chi connectivity index (χ2n) is 9.03. The first-order valence-electron chi connectivity index (χ1n) is 11.8. The highest BCUT2D eigenvalue weighted by atomic mass is 16.5. The van der Waals surface area contributed by atoms with Gasteiger partial charge in [0.25, 0.3) is 0 Å². The number of benzene rings is 3. The first-order chi connectivity index (χ1) is 16.8. The average molecular weight is 441 g/mol. The SMILES string of the molecule is C=CC1C(C2Oc3ccccc3-c3cc4ccccc4c[n+]32)c2ccccc2-c2cccc[n+]21. The number of ether oxygens (including phenoxy) is 1. The van der Waals surface area contributed by atoms with E-state index in [2.05, 4.69) is 131 Å². The Kier molecular flexibility index (Phi) is 4.18. The minimum Gasteiger partial charge on any atom is -0.432 e. The largest absolute Gasteiger partial charge is 0.432 e. The maximum Gasteiger partial charge on any atom is 0.316 e. The second-order valence-corrected chi connectivity index (χ2v) is 9.03. The molecule has 0 saturated carbocycles. The van der Waals surface area contributed by atoms with Crippen LogP contribution in [0.1, 0.15) is 23.8 Å². The van der Waals surface area contributed by atoms with Crippen LogP contribution in [0.2, 0.25) is 0 Å². The molecule has 3 aromatic carbocycles. The van der Waals surface area contributed by atoms with Gasteiger partial charge in [0.2, 0.25) is 11.4 Å². The van der Waals surface area contributed by atoms with Gasteiger partial charge in [-0.15, -0.1) is 0 Å². The van der Waals surface area contributed by atoms with E-state index in [9.17, 15) is 0 Å². The van der Waals surface area contributed by atoms with Crippen LogP contribution in [0.15, 0.2) is 122 Å². The molecule has 3 unspecified atom stereocenters. The zero-order valence-electron chi connectivity index (χ0n) is 18.7. The second kappa shape index (κ2) is 7.39. The van der Waals surface area contributed by atoms with E-state index in [4.69, 9.17) is 4.74 Å². The number of hydrogen-bond acceptors (Lipinski definition) is 1. The molecule has 3 nitrogen and oxygen atoms in total. The zero-order valence-corrected chi connectivity index (χ0v) is 18.7. The maximum atomic E-state index is 6.85. The van der Waals surface area contributed by atoms with Gasteiger partial charge < -0.3 is 4.74 Å².